The number of hydrogen-bond donors (Lipinski definition) is 1. The molecule has 1 N–H and O–H groups in total. The first-order valence-corrected chi connectivity index (χ1v) is 6.08. The summed E-state index contributed by atoms with van der Waals surface area (Å²) in [6.45, 7) is 0. The number of halogens is 1. The number of aryl methyl sites for hydroxylation is 1. The Morgan fingerprint density at radius 1 is 1.29 bits per heavy atom. The molecule has 1 aromatic heterocycles. The van der Waals surface area contributed by atoms with E-state index in [4.69, 9.17) is 0 Å². The van der Waals surface area contributed by atoms with Crippen LogP contribution in [0.15, 0.2) is 28.7 Å². The predicted octanol–water partition coefficient (Wildman–Crippen LogP) is 1.12. The molecule has 6 heteroatoms. The maximum Gasteiger partial charge on any atom is 0.177 e. The highest BCUT2D eigenvalue weighted by molar-refractivity contribution is 9.10. The number of aliphatic hydroxyl groups excluding tert-OH is 1. The van der Waals surface area contributed by atoms with Crippen molar-refractivity contribution in [2.45, 2.75) is 18.9 Å². The number of tetrazole rings is 1. The van der Waals surface area contributed by atoms with Gasteiger partial charge in [-0.1, -0.05) is 28.1 Å². The number of hydrogen-bond acceptors (Lipinski definition) is 4. The third-order valence-electron chi connectivity index (χ3n) is 2.35. The molecule has 0 fully saturated rings. The van der Waals surface area contributed by atoms with E-state index in [2.05, 4.69) is 31.3 Å². The minimum absolute atomic E-state index is 0.421. The van der Waals surface area contributed by atoms with Gasteiger partial charge < -0.3 is 5.11 Å². The number of aliphatic hydroxyl groups is 1. The molecule has 1 heterocycles. The van der Waals surface area contributed by atoms with E-state index in [1.165, 1.54) is 4.80 Å². The van der Waals surface area contributed by atoms with Crippen LogP contribution in [-0.2, 0) is 19.9 Å². The van der Waals surface area contributed by atoms with Gasteiger partial charge in [0.2, 0.25) is 0 Å². The highest BCUT2D eigenvalue weighted by Crippen LogP contribution is 2.12. The van der Waals surface area contributed by atoms with E-state index in [9.17, 15) is 5.11 Å². The Kier molecular flexibility index (Phi) is 3.86. The molecule has 0 aliphatic heterocycles. The van der Waals surface area contributed by atoms with Gasteiger partial charge in [0, 0.05) is 10.9 Å². The summed E-state index contributed by atoms with van der Waals surface area (Å²) in [4.78, 5) is 1.39. The van der Waals surface area contributed by atoms with Crippen LogP contribution in [0.3, 0.4) is 0 Å². The van der Waals surface area contributed by atoms with E-state index in [-0.39, 0.29) is 0 Å². The zero-order valence-corrected chi connectivity index (χ0v) is 11.0. The fraction of sp³-hybridized carbons (Fsp3) is 0.364. The minimum Gasteiger partial charge on any atom is -0.392 e. The molecule has 1 atom stereocenters. The number of benzene rings is 1. The highest BCUT2D eigenvalue weighted by Gasteiger charge is 2.10. The summed E-state index contributed by atoms with van der Waals surface area (Å²) < 4.78 is 1.03. The summed E-state index contributed by atoms with van der Waals surface area (Å²) in [6.07, 6.45) is 0.524. The normalized spacial score (nSPS) is 12.6. The van der Waals surface area contributed by atoms with E-state index >= 15 is 0 Å². The summed E-state index contributed by atoms with van der Waals surface area (Å²) in [5, 5.41) is 21.5. The number of aromatic nitrogens is 4. The summed E-state index contributed by atoms with van der Waals surface area (Å²) >= 11 is 3.37. The van der Waals surface area contributed by atoms with Crippen LogP contribution in [-0.4, -0.2) is 31.4 Å². The molecule has 0 spiro atoms. The molecule has 0 saturated carbocycles. The van der Waals surface area contributed by atoms with Gasteiger partial charge in [0.15, 0.2) is 5.82 Å². The fourth-order valence-electron chi connectivity index (χ4n) is 1.58. The third kappa shape index (κ3) is 3.61. The van der Waals surface area contributed by atoms with Crippen molar-refractivity contribution in [1.29, 1.82) is 0 Å². The summed E-state index contributed by atoms with van der Waals surface area (Å²) in [7, 11) is 1.71. The van der Waals surface area contributed by atoms with Crippen LogP contribution >= 0.6 is 15.9 Å². The molecule has 0 amide bonds. The van der Waals surface area contributed by atoms with Gasteiger partial charge in [0.1, 0.15) is 0 Å². The lowest BCUT2D eigenvalue weighted by Crippen LogP contribution is -2.15. The summed E-state index contributed by atoms with van der Waals surface area (Å²) in [5.74, 6) is 0.567. The van der Waals surface area contributed by atoms with Gasteiger partial charge in [-0.3, -0.25) is 0 Å². The van der Waals surface area contributed by atoms with Crippen LogP contribution in [0.2, 0.25) is 0 Å². The van der Waals surface area contributed by atoms with Gasteiger partial charge in [-0.05, 0) is 29.3 Å². The molecule has 0 aliphatic rings. The van der Waals surface area contributed by atoms with Crippen molar-refractivity contribution in [3.63, 3.8) is 0 Å². The average Bonchev–Trinajstić information content (AvgIpc) is 2.67. The van der Waals surface area contributed by atoms with Crippen molar-refractivity contribution in [3.05, 3.63) is 40.1 Å². The van der Waals surface area contributed by atoms with Crippen LogP contribution < -0.4 is 0 Å². The molecule has 0 radical (unpaired) electrons. The molecule has 1 unspecified atom stereocenters. The Morgan fingerprint density at radius 2 is 2.00 bits per heavy atom. The largest absolute Gasteiger partial charge is 0.392 e. The van der Waals surface area contributed by atoms with Crippen molar-refractivity contribution in [2.24, 2.45) is 7.05 Å². The molecule has 90 valence electrons. The Hall–Kier alpha value is -1.27. The quantitative estimate of drug-likeness (QED) is 0.918. The van der Waals surface area contributed by atoms with Crippen LogP contribution in [0, 0.1) is 0 Å². The zero-order chi connectivity index (χ0) is 12.3. The summed E-state index contributed by atoms with van der Waals surface area (Å²) in [6, 6.07) is 7.89. The van der Waals surface area contributed by atoms with Gasteiger partial charge in [-0.15, -0.1) is 10.2 Å². The maximum absolute atomic E-state index is 9.91. The number of rotatable bonds is 4. The smallest absolute Gasteiger partial charge is 0.177 e. The molecule has 0 aliphatic carbocycles. The van der Waals surface area contributed by atoms with Crippen LogP contribution in [0.25, 0.3) is 0 Å². The first kappa shape index (κ1) is 12.2. The topological polar surface area (TPSA) is 63.8 Å². The molecule has 2 aromatic rings. The molecule has 1 aromatic carbocycles. The second-order valence-corrected chi connectivity index (χ2v) is 4.80. The molecular formula is C11H13BrN4O. The zero-order valence-electron chi connectivity index (χ0n) is 9.41. The SMILES string of the molecule is Cn1nnc(CC(O)Cc2ccc(Br)cc2)n1. The van der Waals surface area contributed by atoms with E-state index in [1.54, 1.807) is 7.05 Å². The Bertz CT molecular complexity index is 482. The van der Waals surface area contributed by atoms with Crippen LogP contribution in [0.4, 0.5) is 0 Å². The van der Waals surface area contributed by atoms with E-state index in [0.29, 0.717) is 18.7 Å². The standard InChI is InChI=1S/C11H13BrN4O/c1-16-14-11(13-15-16)7-10(17)6-8-2-4-9(12)5-3-8/h2-5,10,17H,6-7H2,1H3. The van der Waals surface area contributed by atoms with E-state index < -0.39 is 6.10 Å². The minimum atomic E-state index is -0.486. The lowest BCUT2D eigenvalue weighted by molar-refractivity contribution is 0.173. The van der Waals surface area contributed by atoms with E-state index in [0.717, 1.165) is 10.0 Å². The monoisotopic (exact) mass is 296 g/mol. The second kappa shape index (κ2) is 5.37. The Labute approximate surface area is 108 Å². The van der Waals surface area contributed by atoms with Gasteiger partial charge in [-0.2, -0.15) is 4.80 Å². The van der Waals surface area contributed by atoms with Crippen molar-refractivity contribution < 1.29 is 5.11 Å². The van der Waals surface area contributed by atoms with Crippen molar-refractivity contribution in [1.82, 2.24) is 20.2 Å². The van der Waals surface area contributed by atoms with Gasteiger partial charge in [0.05, 0.1) is 13.2 Å². The molecular weight excluding hydrogens is 284 g/mol. The van der Waals surface area contributed by atoms with Crippen molar-refractivity contribution >= 4 is 15.9 Å². The molecule has 17 heavy (non-hydrogen) atoms. The number of nitrogens with zero attached hydrogens (tertiary/aromatic N) is 4. The first-order valence-electron chi connectivity index (χ1n) is 5.29. The van der Waals surface area contributed by atoms with Crippen molar-refractivity contribution in [3.8, 4) is 0 Å². The molecule has 5 nitrogen and oxygen atoms in total. The third-order valence-corrected chi connectivity index (χ3v) is 2.88. The maximum atomic E-state index is 9.91. The summed E-state index contributed by atoms with van der Waals surface area (Å²) in [5.41, 5.74) is 1.09. The van der Waals surface area contributed by atoms with Gasteiger partial charge >= 0.3 is 0 Å². The van der Waals surface area contributed by atoms with Crippen LogP contribution in [0.5, 0.6) is 0 Å². The Morgan fingerprint density at radius 3 is 2.59 bits per heavy atom. The lowest BCUT2D eigenvalue weighted by atomic mass is 10.1. The van der Waals surface area contributed by atoms with Gasteiger partial charge in [-0.25, -0.2) is 0 Å². The molecule has 0 bridgehead atoms. The fourth-order valence-corrected chi connectivity index (χ4v) is 1.84. The van der Waals surface area contributed by atoms with E-state index in [1.807, 2.05) is 24.3 Å². The van der Waals surface area contributed by atoms with Crippen LogP contribution in [0.1, 0.15) is 11.4 Å². The highest BCUT2D eigenvalue weighted by atomic mass is 79.9. The first-order chi connectivity index (χ1) is 8.13. The second-order valence-electron chi connectivity index (χ2n) is 3.88. The van der Waals surface area contributed by atoms with Gasteiger partial charge in [0.25, 0.3) is 0 Å². The lowest BCUT2D eigenvalue weighted by Gasteiger charge is -2.07. The molecule has 2 rings (SSSR count). The van der Waals surface area contributed by atoms with Crippen molar-refractivity contribution in [2.75, 3.05) is 0 Å². The predicted molar refractivity (Wildman–Crippen MR) is 66.4 cm³/mol. The Balaban J connectivity index is 1.93. The molecule has 0 saturated heterocycles. The average molecular weight is 297 g/mol.